The Labute approximate surface area is 101 Å². The molecule has 1 aromatic heterocycles. The van der Waals surface area contributed by atoms with Gasteiger partial charge >= 0.3 is 0 Å². The molecule has 2 N–H and O–H groups in total. The molecule has 0 fully saturated rings. The van der Waals surface area contributed by atoms with E-state index >= 15 is 0 Å². The van der Waals surface area contributed by atoms with Crippen LogP contribution in [-0.2, 0) is 13.1 Å². The van der Waals surface area contributed by atoms with E-state index in [1.54, 1.807) is 6.20 Å². The van der Waals surface area contributed by atoms with E-state index in [1.165, 1.54) is 5.56 Å². The molecule has 0 amide bonds. The maximum absolute atomic E-state index is 5.53. The largest absolute Gasteiger partial charge is 0.355 e. The summed E-state index contributed by atoms with van der Waals surface area (Å²) in [5.74, 6) is 1.56. The van der Waals surface area contributed by atoms with Crippen LogP contribution in [0.4, 0.5) is 5.82 Å². The number of rotatable bonds is 4. The molecule has 0 aliphatic heterocycles. The summed E-state index contributed by atoms with van der Waals surface area (Å²) in [6.45, 7) is 1.19. The molecule has 0 unspecified atom stereocenters. The maximum atomic E-state index is 5.53. The van der Waals surface area contributed by atoms with Crippen molar-refractivity contribution in [3.63, 3.8) is 0 Å². The standard InChI is InChI=1S/C13H16N4/c1-17(10-11-5-3-2-4-6-11)13-7-8-15-12(9-14)16-13/h2-8H,9-10,14H2,1H3. The minimum absolute atomic E-state index is 0.368. The quantitative estimate of drug-likeness (QED) is 0.863. The normalized spacial score (nSPS) is 10.2. The van der Waals surface area contributed by atoms with Crippen LogP contribution in [0.5, 0.6) is 0 Å². The second kappa shape index (κ2) is 5.41. The number of nitrogens with two attached hydrogens (primary N) is 1. The maximum Gasteiger partial charge on any atom is 0.144 e. The van der Waals surface area contributed by atoms with Gasteiger partial charge in [0.25, 0.3) is 0 Å². The minimum Gasteiger partial charge on any atom is -0.355 e. The van der Waals surface area contributed by atoms with Gasteiger partial charge in [-0.2, -0.15) is 0 Å². The van der Waals surface area contributed by atoms with Gasteiger partial charge in [-0.25, -0.2) is 9.97 Å². The third kappa shape index (κ3) is 3.01. The van der Waals surface area contributed by atoms with Crippen molar-refractivity contribution in [2.75, 3.05) is 11.9 Å². The van der Waals surface area contributed by atoms with Crippen molar-refractivity contribution in [3.8, 4) is 0 Å². The number of anilines is 1. The summed E-state index contributed by atoms with van der Waals surface area (Å²) >= 11 is 0. The summed E-state index contributed by atoms with van der Waals surface area (Å²) in [7, 11) is 2.01. The van der Waals surface area contributed by atoms with Crippen LogP contribution in [0.3, 0.4) is 0 Å². The summed E-state index contributed by atoms with van der Waals surface area (Å²) in [5.41, 5.74) is 6.78. The van der Waals surface area contributed by atoms with Crippen LogP contribution in [-0.4, -0.2) is 17.0 Å². The van der Waals surface area contributed by atoms with Crippen LogP contribution >= 0.6 is 0 Å². The van der Waals surface area contributed by atoms with E-state index in [0.29, 0.717) is 12.4 Å². The Bertz CT molecular complexity index is 470. The molecule has 4 nitrogen and oxygen atoms in total. The number of hydrogen-bond acceptors (Lipinski definition) is 4. The molecule has 0 atom stereocenters. The van der Waals surface area contributed by atoms with E-state index in [9.17, 15) is 0 Å². The fourth-order valence-corrected chi connectivity index (χ4v) is 1.64. The topological polar surface area (TPSA) is 55.0 Å². The molecule has 1 heterocycles. The van der Waals surface area contributed by atoms with E-state index in [-0.39, 0.29) is 0 Å². The fraction of sp³-hybridized carbons (Fsp3) is 0.231. The Morgan fingerprint density at radius 2 is 1.94 bits per heavy atom. The molecule has 17 heavy (non-hydrogen) atoms. The van der Waals surface area contributed by atoms with Crippen LogP contribution in [0, 0.1) is 0 Å². The summed E-state index contributed by atoms with van der Waals surface area (Å²) in [6, 6.07) is 12.2. The lowest BCUT2D eigenvalue weighted by molar-refractivity contribution is 0.849. The van der Waals surface area contributed by atoms with Crippen molar-refractivity contribution in [1.29, 1.82) is 0 Å². The molecule has 0 bridgehead atoms. The van der Waals surface area contributed by atoms with Gasteiger partial charge in [-0.3, -0.25) is 0 Å². The minimum atomic E-state index is 0.368. The lowest BCUT2D eigenvalue weighted by atomic mass is 10.2. The molecule has 88 valence electrons. The summed E-state index contributed by atoms with van der Waals surface area (Å²) < 4.78 is 0. The van der Waals surface area contributed by atoms with Gasteiger partial charge in [0, 0.05) is 19.8 Å². The predicted molar refractivity (Wildman–Crippen MR) is 68.5 cm³/mol. The molecule has 1 aromatic carbocycles. The molecular weight excluding hydrogens is 212 g/mol. The van der Waals surface area contributed by atoms with E-state index in [0.717, 1.165) is 12.4 Å². The SMILES string of the molecule is CN(Cc1ccccc1)c1ccnc(CN)n1. The molecule has 0 spiro atoms. The average Bonchev–Trinajstić information content (AvgIpc) is 2.40. The highest BCUT2D eigenvalue weighted by atomic mass is 15.2. The Hall–Kier alpha value is -1.94. The highest BCUT2D eigenvalue weighted by molar-refractivity contribution is 5.37. The smallest absolute Gasteiger partial charge is 0.144 e. The first-order valence-corrected chi connectivity index (χ1v) is 5.56. The van der Waals surface area contributed by atoms with Gasteiger partial charge in [-0.1, -0.05) is 30.3 Å². The second-order valence-electron chi connectivity index (χ2n) is 3.88. The molecular formula is C13H16N4. The zero-order valence-corrected chi connectivity index (χ0v) is 9.87. The lowest BCUT2D eigenvalue weighted by Gasteiger charge is -2.18. The number of nitrogens with zero attached hydrogens (tertiary/aromatic N) is 3. The number of hydrogen-bond donors (Lipinski definition) is 1. The van der Waals surface area contributed by atoms with Crippen molar-refractivity contribution < 1.29 is 0 Å². The van der Waals surface area contributed by atoms with Crippen LogP contribution in [0.15, 0.2) is 42.6 Å². The molecule has 0 aliphatic carbocycles. The summed E-state index contributed by atoms with van der Waals surface area (Å²) in [6.07, 6.45) is 1.74. The van der Waals surface area contributed by atoms with E-state index < -0.39 is 0 Å². The molecule has 0 saturated heterocycles. The third-order valence-corrected chi connectivity index (χ3v) is 2.53. The third-order valence-electron chi connectivity index (χ3n) is 2.53. The van der Waals surface area contributed by atoms with Crippen molar-refractivity contribution in [2.45, 2.75) is 13.1 Å². The highest BCUT2D eigenvalue weighted by Crippen LogP contribution is 2.11. The van der Waals surface area contributed by atoms with Gasteiger partial charge in [0.05, 0.1) is 6.54 Å². The number of aromatic nitrogens is 2. The first-order valence-electron chi connectivity index (χ1n) is 5.56. The average molecular weight is 228 g/mol. The molecule has 2 rings (SSSR count). The summed E-state index contributed by atoms with van der Waals surface area (Å²) in [5, 5.41) is 0. The van der Waals surface area contributed by atoms with Crippen LogP contribution in [0.25, 0.3) is 0 Å². The van der Waals surface area contributed by atoms with Gasteiger partial charge in [-0.15, -0.1) is 0 Å². The van der Waals surface area contributed by atoms with E-state index in [1.807, 2.05) is 31.3 Å². The van der Waals surface area contributed by atoms with E-state index in [2.05, 4.69) is 27.0 Å². The van der Waals surface area contributed by atoms with Crippen LogP contribution in [0.2, 0.25) is 0 Å². The van der Waals surface area contributed by atoms with Crippen molar-refractivity contribution >= 4 is 5.82 Å². The van der Waals surface area contributed by atoms with Gasteiger partial charge in [0.15, 0.2) is 0 Å². The first kappa shape index (κ1) is 11.5. The zero-order chi connectivity index (χ0) is 12.1. The molecule has 0 radical (unpaired) electrons. The molecule has 0 saturated carbocycles. The van der Waals surface area contributed by atoms with Gasteiger partial charge < -0.3 is 10.6 Å². The molecule has 4 heteroatoms. The van der Waals surface area contributed by atoms with Crippen molar-refractivity contribution in [2.24, 2.45) is 5.73 Å². The predicted octanol–water partition coefficient (Wildman–Crippen LogP) is 1.57. The van der Waals surface area contributed by atoms with Crippen LogP contribution < -0.4 is 10.6 Å². The second-order valence-corrected chi connectivity index (χ2v) is 3.88. The van der Waals surface area contributed by atoms with Gasteiger partial charge in [-0.05, 0) is 11.6 Å². The van der Waals surface area contributed by atoms with Crippen molar-refractivity contribution in [3.05, 3.63) is 54.0 Å². The first-order chi connectivity index (χ1) is 8.29. The summed E-state index contributed by atoms with van der Waals surface area (Å²) in [4.78, 5) is 10.5. The van der Waals surface area contributed by atoms with Gasteiger partial charge in [0.1, 0.15) is 11.6 Å². The zero-order valence-electron chi connectivity index (χ0n) is 9.87. The van der Waals surface area contributed by atoms with Crippen molar-refractivity contribution in [1.82, 2.24) is 9.97 Å². The molecule has 2 aromatic rings. The highest BCUT2D eigenvalue weighted by Gasteiger charge is 2.04. The lowest BCUT2D eigenvalue weighted by Crippen LogP contribution is -2.18. The van der Waals surface area contributed by atoms with Gasteiger partial charge in [0.2, 0.25) is 0 Å². The Kier molecular flexibility index (Phi) is 3.67. The Morgan fingerprint density at radius 1 is 1.18 bits per heavy atom. The van der Waals surface area contributed by atoms with Crippen LogP contribution in [0.1, 0.15) is 11.4 Å². The fourth-order valence-electron chi connectivity index (χ4n) is 1.64. The Balaban J connectivity index is 2.11. The molecule has 0 aliphatic rings. The van der Waals surface area contributed by atoms with E-state index in [4.69, 9.17) is 5.73 Å². The number of benzene rings is 1. The Morgan fingerprint density at radius 3 is 2.65 bits per heavy atom. The monoisotopic (exact) mass is 228 g/mol.